The van der Waals surface area contributed by atoms with E-state index in [9.17, 15) is 9.90 Å². The Kier molecular flexibility index (Phi) is 5.23. The fourth-order valence-corrected chi connectivity index (χ4v) is 4.48. The topological polar surface area (TPSA) is 69.2 Å². The van der Waals surface area contributed by atoms with Crippen molar-refractivity contribution in [1.29, 1.82) is 0 Å². The normalized spacial score (nSPS) is 15.2. The molecule has 4 aromatic rings. The third-order valence-electron chi connectivity index (χ3n) is 6.21. The SMILES string of the molecule is CCc1ccc([C@@H]2c3c(-c4ccccc4O)n[nH]c3C(=O)N2CCc2ccccc2)cc1. The number of H-pyrrole nitrogens is 1. The Morgan fingerprint density at radius 3 is 2.38 bits per heavy atom. The third-order valence-corrected chi connectivity index (χ3v) is 6.21. The number of nitrogens with zero attached hydrogens (tertiary/aromatic N) is 2. The van der Waals surface area contributed by atoms with E-state index >= 15 is 0 Å². The second kappa shape index (κ2) is 8.35. The van der Waals surface area contributed by atoms with Crippen LogP contribution in [0.1, 0.15) is 45.7 Å². The molecule has 0 spiro atoms. The smallest absolute Gasteiger partial charge is 0.273 e. The van der Waals surface area contributed by atoms with E-state index in [0.29, 0.717) is 23.5 Å². The Bertz CT molecular complexity index is 1250. The molecule has 3 aromatic carbocycles. The number of carbonyl (C=O) groups is 1. The Balaban J connectivity index is 1.59. The van der Waals surface area contributed by atoms with E-state index in [0.717, 1.165) is 24.0 Å². The average molecular weight is 424 g/mol. The van der Waals surface area contributed by atoms with Crippen molar-refractivity contribution in [3.05, 3.63) is 107 Å². The van der Waals surface area contributed by atoms with Crippen LogP contribution in [0.15, 0.2) is 78.9 Å². The van der Waals surface area contributed by atoms with Gasteiger partial charge in [-0.15, -0.1) is 0 Å². The van der Waals surface area contributed by atoms with Gasteiger partial charge in [-0.1, -0.05) is 73.7 Å². The van der Waals surface area contributed by atoms with Crippen LogP contribution in [-0.2, 0) is 12.8 Å². The Morgan fingerprint density at radius 1 is 0.938 bits per heavy atom. The van der Waals surface area contributed by atoms with Gasteiger partial charge >= 0.3 is 0 Å². The molecule has 1 aliphatic rings. The Morgan fingerprint density at radius 2 is 1.66 bits per heavy atom. The Hall–Kier alpha value is -3.86. The number of fused-ring (bicyclic) bond motifs is 1. The number of carbonyl (C=O) groups excluding carboxylic acids is 1. The zero-order valence-corrected chi connectivity index (χ0v) is 18.0. The number of amides is 1. The number of benzene rings is 3. The van der Waals surface area contributed by atoms with Gasteiger partial charge in [0.05, 0.1) is 6.04 Å². The van der Waals surface area contributed by atoms with Gasteiger partial charge in [0.1, 0.15) is 17.1 Å². The van der Waals surface area contributed by atoms with Gasteiger partial charge in [-0.3, -0.25) is 9.89 Å². The van der Waals surface area contributed by atoms with Gasteiger partial charge in [0.25, 0.3) is 5.91 Å². The van der Waals surface area contributed by atoms with Crippen LogP contribution in [0, 0.1) is 0 Å². The van der Waals surface area contributed by atoms with Crippen LogP contribution < -0.4 is 0 Å². The lowest BCUT2D eigenvalue weighted by atomic mass is 9.94. The molecule has 0 unspecified atom stereocenters. The number of phenols is 1. The first-order valence-corrected chi connectivity index (χ1v) is 11.0. The van der Waals surface area contributed by atoms with Crippen LogP contribution in [-0.4, -0.2) is 32.7 Å². The average Bonchev–Trinajstić information content (AvgIpc) is 3.37. The predicted octanol–water partition coefficient (Wildman–Crippen LogP) is 5.13. The molecule has 32 heavy (non-hydrogen) atoms. The number of hydrogen-bond acceptors (Lipinski definition) is 3. The molecule has 160 valence electrons. The van der Waals surface area contributed by atoms with Gasteiger partial charge in [0.2, 0.25) is 0 Å². The molecule has 5 nitrogen and oxygen atoms in total. The van der Waals surface area contributed by atoms with Crippen LogP contribution >= 0.6 is 0 Å². The molecule has 0 bridgehead atoms. The number of aromatic amines is 1. The van der Waals surface area contributed by atoms with E-state index in [4.69, 9.17) is 0 Å². The van der Waals surface area contributed by atoms with Gasteiger partial charge in [-0.2, -0.15) is 5.10 Å². The summed E-state index contributed by atoms with van der Waals surface area (Å²) in [5.41, 5.74) is 6.06. The Labute approximate surface area is 187 Å². The van der Waals surface area contributed by atoms with Crippen molar-refractivity contribution in [1.82, 2.24) is 15.1 Å². The summed E-state index contributed by atoms with van der Waals surface area (Å²) in [6.45, 7) is 2.72. The number of hydrogen-bond donors (Lipinski definition) is 2. The summed E-state index contributed by atoms with van der Waals surface area (Å²) in [4.78, 5) is 15.4. The molecule has 1 aliphatic heterocycles. The lowest BCUT2D eigenvalue weighted by Crippen LogP contribution is -2.31. The van der Waals surface area contributed by atoms with Gasteiger partial charge in [0, 0.05) is 17.7 Å². The van der Waals surface area contributed by atoms with Crippen molar-refractivity contribution < 1.29 is 9.90 Å². The fraction of sp³-hybridized carbons (Fsp3) is 0.185. The summed E-state index contributed by atoms with van der Waals surface area (Å²) in [5, 5.41) is 17.9. The minimum absolute atomic E-state index is 0.0605. The second-order valence-electron chi connectivity index (χ2n) is 8.11. The molecule has 1 atom stereocenters. The quantitative estimate of drug-likeness (QED) is 0.452. The molecule has 0 fully saturated rings. The lowest BCUT2D eigenvalue weighted by Gasteiger charge is -2.26. The van der Waals surface area contributed by atoms with E-state index < -0.39 is 0 Å². The van der Waals surface area contributed by atoms with Crippen LogP contribution in [0.5, 0.6) is 5.75 Å². The van der Waals surface area contributed by atoms with Crippen molar-refractivity contribution in [3.8, 4) is 17.0 Å². The summed E-state index contributed by atoms with van der Waals surface area (Å²) in [6, 6.07) is 25.5. The summed E-state index contributed by atoms with van der Waals surface area (Å²) in [5.74, 6) is 0.0896. The maximum atomic E-state index is 13.4. The van der Waals surface area contributed by atoms with Crippen molar-refractivity contribution in [2.24, 2.45) is 0 Å². The van der Waals surface area contributed by atoms with Crippen molar-refractivity contribution in [2.45, 2.75) is 25.8 Å². The van der Waals surface area contributed by atoms with E-state index in [1.807, 2.05) is 35.2 Å². The first-order chi connectivity index (χ1) is 15.7. The number of rotatable bonds is 6. The molecule has 0 radical (unpaired) electrons. The third kappa shape index (κ3) is 3.46. The second-order valence-corrected chi connectivity index (χ2v) is 8.11. The number of phenolic OH excluding ortho intramolecular Hbond substituents is 1. The standard InChI is InChI=1S/C27H25N3O2/c1-2-18-12-14-20(15-13-18)26-23-24(21-10-6-7-11-22(21)31)28-29-25(23)27(32)30(26)17-16-19-8-4-3-5-9-19/h3-15,26,31H,2,16-17H2,1H3,(H,28,29)/t26-/m1/s1. The lowest BCUT2D eigenvalue weighted by molar-refractivity contribution is 0.0746. The van der Waals surface area contributed by atoms with Crippen molar-refractivity contribution >= 4 is 5.91 Å². The van der Waals surface area contributed by atoms with Gasteiger partial charge in [-0.25, -0.2) is 0 Å². The number of aryl methyl sites for hydroxylation is 1. The summed E-state index contributed by atoms with van der Waals surface area (Å²) >= 11 is 0. The fourth-order valence-electron chi connectivity index (χ4n) is 4.48. The maximum Gasteiger partial charge on any atom is 0.273 e. The zero-order valence-electron chi connectivity index (χ0n) is 18.0. The van der Waals surface area contributed by atoms with Crippen molar-refractivity contribution in [2.75, 3.05) is 6.54 Å². The van der Waals surface area contributed by atoms with E-state index in [-0.39, 0.29) is 17.7 Å². The highest BCUT2D eigenvalue weighted by molar-refractivity contribution is 6.00. The summed E-state index contributed by atoms with van der Waals surface area (Å²) in [7, 11) is 0. The first kappa shape index (κ1) is 20.1. The molecular weight excluding hydrogens is 398 g/mol. The zero-order chi connectivity index (χ0) is 22.1. The number of nitrogens with one attached hydrogen (secondary N) is 1. The summed E-state index contributed by atoms with van der Waals surface area (Å²) in [6.07, 6.45) is 1.72. The monoisotopic (exact) mass is 423 g/mol. The van der Waals surface area contributed by atoms with Gasteiger partial charge < -0.3 is 10.0 Å². The van der Waals surface area contributed by atoms with Gasteiger partial charge in [0.15, 0.2) is 0 Å². The molecule has 0 aliphatic carbocycles. The number of aromatic nitrogens is 2. The number of para-hydroxylation sites is 1. The van der Waals surface area contributed by atoms with Crippen LogP contribution in [0.25, 0.3) is 11.3 Å². The maximum absolute atomic E-state index is 13.4. The highest BCUT2D eigenvalue weighted by Crippen LogP contribution is 2.44. The minimum atomic E-state index is -0.263. The van der Waals surface area contributed by atoms with Crippen LogP contribution in [0.3, 0.4) is 0 Å². The largest absolute Gasteiger partial charge is 0.507 e. The summed E-state index contributed by atoms with van der Waals surface area (Å²) < 4.78 is 0. The minimum Gasteiger partial charge on any atom is -0.507 e. The highest BCUT2D eigenvalue weighted by atomic mass is 16.3. The molecule has 1 aromatic heterocycles. The van der Waals surface area contributed by atoms with Gasteiger partial charge in [-0.05, 0) is 41.7 Å². The molecular formula is C27H25N3O2. The molecule has 5 rings (SSSR count). The first-order valence-electron chi connectivity index (χ1n) is 11.0. The van der Waals surface area contributed by atoms with Crippen molar-refractivity contribution in [3.63, 3.8) is 0 Å². The number of aromatic hydroxyl groups is 1. The molecule has 2 heterocycles. The predicted molar refractivity (Wildman–Crippen MR) is 125 cm³/mol. The van der Waals surface area contributed by atoms with E-state index in [1.165, 1.54) is 11.1 Å². The van der Waals surface area contributed by atoms with E-state index in [1.54, 1.807) is 12.1 Å². The molecule has 5 heteroatoms. The highest BCUT2D eigenvalue weighted by Gasteiger charge is 2.42. The van der Waals surface area contributed by atoms with Crippen LogP contribution in [0.4, 0.5) is 0 Å². The molecule has 0 saturated heterocycles. The van der Waals surface area contributed by atoms with Crippen LogP contribution in [0.2, 0.25) is 0 Å². The molecule has 1 amide bonds. The molecule has 0 saturated carbocycles. The van der Waals surface area contributed by atoms with E-state index in [2.05, 4.69) is 53.5 Å². The molecule has 2 N–H and O–H groups in total.